The van der Waals surface area contributed by atoms with Crippen molar-refractivity contribution in [3.8, 4) is 0 Å². The van der Waals surface area contributed by atoms with Crippen LogP contribution in [0.25, 0.3) is 0 Å². The summed E-state index contributed by atoms with van der Waals surface area (Å²) in [6.07, 6.45) is 33.2. The molecule has 35 heavy (non-hydrogen) atoms. The summed E-state index contributed by atoms with van der Waals surface area (Å²) in [6, 6.07) is 0. The summed E-state index contributed by atoms with van der Waals surface area (Å²) in [5, 5.41) is -0.144. The van der Waals surface area contributed by atoms with Crippen molar-refractivity contribution in [2.24, 2.45) is 0 Å². The van der Waals surface area contributed by atoms with Gasteiger partial charge in [0.15, 0.2) is 0 Å². The third-order valence-corrected chi connectivity index (χ3v) is 6.88. The van der Waals surface area contributed by atoms with Crippen LogP contribution in [0.4, 0.5) is 0 Å². The van der Waals surface area contributed by atoms with Crippen LogP contribution >= 0.6 is 0 Å². The van der Waals surface area contributed by atoms with Gasteiger partial charge in [-0.2, -0.15) is 0 Å². The molecule has 0 unspecified atom stereocenters. The van der Waals surface area contributed by atoms with Gasteiger partial charge in [0.2, 0.25) is 0 Å². The first-order valence-electron chi connectivity index (χ1n) is 14.9. The number of rotatable bonds is 26. The molecule has 0 N–H and O–H groups in total. The SMILES string of the molecule is CCCCCCCCCCCCCCC(=O)[S-].CCCCCCCCCCCCCCC(=O)[S-].[Cd+2]. The smallest absolute Gasteiger partial charge is 0.742 e. The van der Waals surface area contributed by atoms with Crippen LogP contribution in [0.5, 0.6) is 0 Å². The van der Waals surface area contributed by atoms with E-state index in [4.69, 9.17) is 0 Å². The van der Waals surface area contributed by atoms with E-state index in [1.54, 1.807) is 0 Å². The van der Waals surface area contributed by atoms with Gasteiger partial charge in [0.25, 0.3) is 0 Å². The average Bonchev–Trinajstić information content (AvgIpc) is 2.80. The number of unbranched alkanes of at least 4 members (excludes halogenated alkanes) is 22. The first-order valence-corrected chi connectivity index (χ1v) is 15.8. The van der Waals surface area contributed by atoms with Crippen LogP contribution in [-0.4, -0.2) is 10.2 Å². The molecule has 0 aromatic heterocycles. The number of carbonyl (C=O) groups is 2. The van der Waals surface area contributed by atoms with Crippen molar-refractivity contribution in [1.82, 2.24) is 0 Å². The van der Waals surface area contributed by atoms with Crippen LogP contribution in [0.2, 0.25) is 0 Å². The Kier molecular flexibility index (Phi) is 42.3. The van der Waals surface area contributed by atoms with E-state index in [1.165, 1.54) is 141 Å². The molecule has 0 atom stereocenters. The molecule has 0 aliphatic rings. The van der Waals surface area contributed by atoms with Gasteiger partial charge in [-0.25, -0.2) is 0 Å². The van der Waals surface area contributed by atoms with Crippen molar-refractivity contribution in [2.75, 3.05) is 0 Å². The zero-order valence-corrected chi connectivity index (χ0v) is 29.4. The molecular formula is C30H58CdO2S2. The topological polar surface area (TPSA) is 34.1 Å². The van der Waals surface area contributed by atoms with E-state index in [0.717, 1.165) is 12.8 Å². The van der Waals surface area contributed by atoms with E-state index in [1.807, 2.05) is 0 Å². The molecule has 2 nitrogen and oxygen atoms in total. The van der Waals surface area contributed by atoms with Gasteiger partial charge < -0.3 is 34.8 Å². The van der Waals surface area contributed by atoms with Crippen LogP contribution in [0.1, 0.15) is 181 Å². The second-order valence-corrected chi connectivity index (χ2v) is 10.9. The fourth-order valence-electron chi connectivity index (χ4n) is 4.22. The molecule has 0 aromatic rings. The van der Waals surface area contributed by atoms with Crippen molar-refractivity contribution in [1.29, 1.82) is 0 Å². The third-order valence-electron chi connectivity index (χ3n) is 6.47. The summed E-state index contributed by atoms with van der Waals surface area (Å²) in [7, 11) is 0. The molecule has 204 valence electrons. The van der Waals surface area contributed by atoms with Crippen molar-refractivity contribution in [2.45, 2.75) is 181 Å². The summed E-state index contributed by atoms with van der Waals surface area (Å²) >= 11 is 9.04. The van der Waals surface area contributed by atoms with Crippen molar-refractivity contribution >= 4 is 35.5 Å². The standard InChI is InChI=1S/2C15H30OS.Cd/c2*1-2-3-4-5-6-7-8-9-10-11-12-13-14-15(16)17;/h2*2-14H2,1H3,(H,16,17);/q;;+2/p-2. The Morgan fingerprint density at radius 2 is 0.543 bits per heavy atom. The van der Waals surface area contributed by atoms with Gasteiger partial charge >= 0.3 is 27.3 Å². The van der Waals surface area contributed by atoms with Gasteiger partial charge in [-0.15, -0.1) is 0 Å². The minimum Gasteiger partial charge on any atom is -0.742 e. The predicted molar refractivity (Wildman–Crippen MR) is 156 cm³/mol. The molecule has 0 rings (SSSR count). The van der Waals surface area contributed by atoms with Crippen LogP contribution in [-0.2, 0) is 62.1 Å². The van der Waals surface area contributed by atoms with E-state index < -0.39 is 0 Å². The van der Waals surface area contributed by atoms with Crippen LogP contribution in [0.15, 0.2) is 0 Å². The molecule has 0 aliphatic heterocycles. The Hall–Kier alpha value is 0.702. The van der Waals surface area contributed by atoms with Crippen molar-refractivity contribution in [3.05, 3.63) is 0 Å². The molecule has 0 aliphatic carbocycles. The van der Waals surface area contributed by atoms with E-state index >= 15 is 0 Å². The Morgan fingerprint density at radius 1 is 0.371 bits per heavy atom. The Bertz CT molecular complexity index is 381. The maximum Gasteiger partial charge on any atom is 2.00 e. The Balaban J connectivity index is -0.000000569. The minimum atomic E-state index is -0.0721. The Morgan fingerprint density at radius 3 is 0.714 bits per heavy atom. The van der Waals surface area contributed by atoms with Crippen molar-refractivity contribution in [3.63, 3.8) is 0 Å². The molecule has 5 heteroatoms. The van der Waals surface area contributed by atoms with Crippen LogP contribution in [0.3, 0.4) is 0 Å². The second-order valence-electron chi connectivity index (χ2n) is 10.0. The summed E-state index contributed by atoms with van der Waals surface area (Å²) < 4.78 is 0. The molecule has 0 aromatic carbocycles. The van der Waals surface area contributed by atoms with Gasteiger partial charge in [-0.3, -0.25) is 0 Å². The molecular weight excluding hydrogens is 569 g/mol. The van der Waals surface area contributed by atoms with Gasteiger partial charge in [0.1, 0.15) is 0 Å². The molecule has 0 fully saturated rings. The Labute approximate surface area is 251 Å². The van der Waals surface area contributed by atoms with E-state index in [2.05, 4.69) is 39.1 Å². The summed E-state index contributed by atoms with van der Waals surface area (Å²) in [4.78, 5) is 21.1. The monoisotopic (exact) mass is 628 g/mol. The molecule has 0 spiro atoms. The van der Waals surface area contributed by atoms with Gasteiger partial charge in [-0.05, 0) is 25.7 Å². The van der Waals surface area contributed by atoms with E-state index in [-0.39, 0.29) is 37.5 Å². The fourth-order valence-corrected chi connectivity index (χ4v) is 4.51. The quantitative estimate of drug-likeness (QED) is 0.0543. The normalized spacial score (nSPS) is 10.3. The molecule has 0 radical (unpaired) electrons. The molecule has 0 amide bonds. The van der Waals surface area contributed by atoms with Crippen molar-refractivity contribution < 1.29 is 36.9 Å². The van der Waals surface area contributed by atoms with E-state index in [9.17, 15) is 9.59 Å². The van der Waals surface area contributed by atoms with Crippen LogP contribution < -0.4 is 0 Å². The number of hydrogen-bond donors (Lipinski definition) is 0. The molecule has 0 bridgehead atoms. The maximum atomic E-state index is 10.5. The molecule has 0 saturated heterocycles. The zero-order chi connectivity index (χ0) is 25.5. The average molecular weight is 627 g/mol. The zero-order valence-electron chi connectivity index (χ0n) is 23.7. The summed E-state index contributed by atoms with van der Waals surface area (Å²) in [5.41, 5.74) is 0. The molecule has 0 saturated carbocycles. The molecule has 0 heterocycles. The summed E-state index contributed by atoms with van der Waals surface area (Å²) in [5.74, 6) is 0. The van der Waals surface area contributed by atoms with Crippen LogP contribution in [0, 0.1) is 0 Å². The summed E-state index contributed by atoms with van der Waals surface area (Å²) in [6.45, 7) is 4.53. The first kappa shape index (κ1) is 40.2. The first-order chi connectivity index (χ1) is 16.5. The fraction of sp³-hybridized carbons (Fsp3) is 0.933. The van der Waals surface area contributed by atoms with Gasteiger partial charge in [-0.1, -0.05) is 155 Å². The third kappa shape index (κ3) is 45.0. The number of carbonyl (C=O) groups excluding carboxylic acids is 2. The number of hydrogen-bond acceptors (Lipinski definition) is 4. The second kappa shape index (κ2) is 36.9. The maximum absolute atomic E-state index is 10.5. The van der Waals surface area contributed by atoms with Gasteiger partial charge in [0, 0.05) is 10.2 Å². The minimum absolute atomic E-state index is 0. The largest absolute Gasteiger partial charge is 2.00 e. The predicted octanol–water partition coefficient (Wildman–Crippen LogP) is 10.3. The van der Waals surface area contributed by atoms with E-state index in [0.29, 0.717) is 12.8 Å². The van der Waals surface area contributed by atoms with Gasteiger partial charge in [0.05, 0.1) is 0 Å².